The highest BCUT2D eigenvalue weighted by Crippen LogP contribution is 2.30. The van der Waals surface area contributed by atoms with Gasteiger partial charge in [0, 0.05) is 30.0 Å². The van der Waals surface area contributed by atoms with Crippen molar-refractivity contribution in [2.45, 2.75) is 49.9 Å². The van der Waals surface area contributed by atoms with Crippen molar-refractivity contribution in [3.05, 3.63) is 89.3 Å². The molecule has 0 fully saturated rings. The molecule has 0 aliphatic rings. The van der Waals surface area contributed by atoms with Crippen molar-refractivity contribution in [1.29, 1.82) is 0 Å². The molecule has 5 N–H and O–H groups in total. The van der Waals surface area contributed by atoms with E-state index in [4.69, 9.17) is 14.6 Å². The van der Waals surface area contributed by atoms with E-state index in [9.17, 15) is 32.2 Å². The fourth-order valence-corrected chi connectivity index (χ4v) is 6.41. The molecule has 3 aromatic carbocycles. The fraction of sp³-hybridized carbons (Fsp3) is 0.281. The molecule has 0 saturated heterocycles. The lowest BCUT2D eigenvalue weighted by atomic mass is 10.1. The Morgan fingerprint density at radius 1 is 1.08 bits per heavy atom. The first-order valence-corrected chi connectivity index (χ1v) is 18.0. The van der Waals surface area contributed by atoms with Gasteiger partial charge in [-0.2, -0.15) is 15.8 Å². The second-order valence-electron chi connectivity index (χ2n) is 11.8. The normalized spacial score (nSPS) is 13.0. The number of amides is 1. The number of halogens is 2. The molecule has 0 bridgehead atoms. The minimum Gasteiger partial charge on any atom is -0.595 e. The van der Waals surface area contributed by atoms with E-state index in [1.165, 1.54) is 12.1 Å². The number of rotatable bonds is 14. The number of nitrogens with one attached hydrogen (secondary N) is 3. The zero-order valence-corrected chi connectivity index (χ0v) is 29.2. The summed E-state index contributed by atoms with van der Waals surface area (Å²) >= 11 is 0. The van der Waals surface area contributed by atoms with Gasteiger partial charge in [0.15, 0.2) is 16.4 Å². The molecule has 274 valence electrons. The van der Waals surface area contributed by atoms with E-state index in [0.29, 0.717) is 29.8 Å². The number of anilines is 3. The maximum Gasteiger partial charge on any atom is 0.410 e. The van der Waals surface area contributed by atoms with E-state index in [2.05, 4.69) is 19.6 Å². The molecule has 1 heterocycles. The summed E-state index contributed by atoms with van der Waals surface area (Å²) in [4.78, 5) is 19.6. The molecule has 1 aromatic heterocycles. The van der Waals surface area contributed by atoms with Gasteiger partial charge in [-0.1, -0.05) is 23.4 Å². The van der Waals surface area contributed by atoms with Crippen LogP contribution >= 0.6 is 0 Å². The summed E-state index contributed by atoms with van der Waals surface area (Å²) in [7, 11) is -6.62. The molecule has 0 radical (unpaired) electrons. The summed E-state index contributed by atoms with van der Waals surface area (Å²) in [6.45, 7) is 5.14. The Morgan fingerprint density at radius 2 is 1.82 bits per heavy atom. The topological polar surface area (TPSA) is 217 Å². The molecule has 4 aromatic rings. The first-order chi connectivity index (χ1) is 24.0. The first-order valence-electron chi connectivity index (χ1n) is 15.2. The van der Waals surface area contributed by atoms with E-state index in [0.717, 1.165) is 36.5 Å². The number of quaternary nitrogens is 1. The fourth-order valence-electron chi connectivity index (χ4n) is 4.43. The van der Waals surface area contributed by atoms with Crippen molar-refractivity contribution < 1.29 is 51.2 Å². The van der Waals surface area contributed by atoms with Gasteiger partial charge < -0.3 is 29.3 Å². The lowest BCUT2D eigenvalue weighted by Crippen LogP contribution is -2.99. The summed E-state index contributed by atoms with van der Waals surface area (Å²) in [6, 6.07) is 12.5. The van der Waals surface area contributed by atoms with E-state index < -0.39 is 65.4 Å². The summed E-state index contributed by atoms with van der Waals surface area (Å²) in [5.41, 5.74) is -1.63. The van der Waals surface area contributed by atoms with Crippen LogP contribution in [0.1, 0.15) is 39.2 Å². The third-order valence-electron chi connectivity index (χ3n) is 6.54. The summed E-state index contributed by atoms with van der Waals surface area (Å²) < 4.78 is 85.2. The van der Waals surface area contributed by atoms with Gasteiger partial charge in [0.2, 0.25) is 5.95 Å². The van der Waals surface area contributed by atoms with Crippen molar-refractivity contribution >= 4 is 49.7 Å². The summed E-state index contributed by atoms with van der Waals surface area (Å²) in [5, 5.41) is 31.5. The summed E-state index contributed by atoms with van der Waals surface area (Å²) in [5.74, 6) is -1.98. The highest BCUT2D eigenvalue weighted by molar-refractivity contribution is 7.92. The number of hydrogen-bond acceptors (Lipinski definition) is 13. The monoisotopic (exact) mass is 749 g/mol. The van der Waals surface area contributed by atoms with Crippen molar-refractivity contribution in [3.63, 3.8) is 0 Å². The molecular weight excluding hydrogens is 715 g/mol. The number of benzene rings is 3. The Morgan fingerprint density at radius 3 is 2.53 bits per heavy atom. The van der Waals surface area contributed by atoms with Crippen molar-refractivity contribution in [2.75, 3.05) is 23.3 Å². The number of aliphatic hydroxyl groups is 1. The van der Waals surface area contributed by atoms with Crippen LogP contribution in [-0.4, -0.2) is 53.6 Å². The lowest BCUT2D eigenvalue weighted by molar-refractivity contribution is -0.992. The second kappa shape index (κ2) is 16.9. The number of unbranched alkanes of at least 4 members (excludes halogenated alkanes) is 1. The SMILES string of the molecule is CC(C)(C)OC(=O)N=[S-](=O)Cc1cc(Nc2ncc(F)c(-c3ccc(F)c(NS(=O)(=O)c4ccccc4[NH+]([O-])O)c3)n2)cc(OCCCCO)c1. The van der Waals surface area contributed by atoms with Gasteiger partial charge in [-0.15, -0.1) is 0 Å². The molecule has 51 heavy (non-hydrogen) atoms. The Bertz CT molecular complexity index is 2070. The number of carbonyl (C=O) groups is 1. The Balaban J connectivity index is 1.63. The molecule has 1 amide bonds. The Kier molecular flexibility index (Phi) is 13.0. The number of ether oxygens (including phenoxy) is 2. The minimum atomic E-state index is -4.60. The zero-order chi connectivity index (χ0) is 37.3. The average Bonchev–Trinajstić information content (AvgIpc) is 3.04. The number of carbonyl (C=O) groups excluding carboxylic acids is 1. The van der Waals surface area contributed by atoms with Crippen LogP contribution in [0.4, 0.5) is 36.6 Å². The number of aliphatic hydroxyl groups excluding tert-OH is 1. The molecule has 15 nitrogen and oxygen atoms in total. The van der Waals surface area contributed by atoms with Gasteiger partial charge in [-0.3, -0.25) is 9.08 Å². The van der Waals surface area contributed by atoms with Crippen molar-refractivity contribution in [1.82, 2.24) is 9.97 Å². The minimum absolute atomic E-state index is 0.0221. The number of nitrogens with zero attached hydrogens (tertiary/aromatic N) is 3. The Hall–Kier alpha value is -4.79. The van der Waals surface area contributed by atoms with Gasteiger partial charge in [-0.25, -0.2) is 37.2 Å². The smallest absolute Gasteiger partial charge is 0.410 e. The molecule has 1 atom stereocenters. The standard InChI is InChI=1S/C32H35F2N6O9S2/c1-32(2,3)49-31(42)38-50(45)19-20-14-22(17-23(15-20)48-13-7-6-12-41)36-30-35-18-25(34)29(37-30)21-10-11-24(33)26(16-21)39-51(46,47)28-9-5-4-8-27(28)40(43)44/h4-5,8-11,14-18,39-41,43H,6-7,12-13,19H2,1-3H3,(H,35,36,37)/q-1. The molecule has 19 heteroatoms. The second-order valence-corrected chi connectivity index (χ2v) is 14.6. The molecule has 0 saturated carbocycles. The number of para-hydroxylation sites is 1. The number of sulfonamides is 1. The maximum atomic E-state index is 15.1. The molecular formula is C32H35F2N6O9S2-. The van der Waals surface area contributed by atoms with E-state index in [-0.39, 0.29) is 36.2 Å². The van der Waals surface area contributed by atoms with Crippen LogP contribution < -0.4 is 20.0 Å². The van der Waals surface area contributed by atoms with E-state index in [1.54, 1.807) is 39.0 Å². The zero-order valence-electron chi connectivity index (χ0n) is 27.6. The number of hydrogen-bond donors (Lipinski definition) is 5. The average molecular weight is 750 g/mol. The van der Waals surface area contributed by atoms with Crippen LogP contribution in [0.2, 0.25) is 0 Å². The molecule has 0 aliphatic heterocycles. The third-order valence-corrected chi connectivity index (χ3v) is 8.90. The van der Waals surface area contributed by atoms with Crippen LogP contribution in [0.15, 0.2) is 76.1 Å². The predicted octanol–water partition coefficient (Wildman–Crippen LogP) is 5.10. The highest BCUT2D eigenvalue weighted by atomic mass is 32.2. The lowest BCUT2D eigenvalue weighted by Gasteiger charge is -2.18. The van der Waals surface area contributed by atoms with Crippen LogP contribution in [0.5, 0.6) is 5.75 Å². The van der Waals surface area contributed by atoms with E-state index >= 15 is 4.39 Å². The van der Waals surface area contributed by atoms with Crippen molar-refractivity contribution in [3.8, 4) is 17.0 Å². The Labute approximate surface area is 294 Å². The quantitative estimate of drug-likeness (QED) is 0.0646. The molecule has 1 unspecified atom stereocenters. The third kappa shape index (κ3) is 11.4. The van der Waals surface area contributed by atoms with Gasteiger partial charge in [0.1, 0.15) is 22.9 Å². The van der Waals surface area contributed by atoms with Crippen LogP contribution in [0, 0.1) is 16.8 Å². The van der Waals surface area contributed by atoms with Gasteiger partial charge in [0.25, 0.3) is 10.0 Å². The van der Waals surface area contributed by atoms with Crippen LogP contribution in [0.25, 0.3) is 11.3 Å². The largest absolute Gasteiger partial charge is 0.595 e. The van der Waals surface area contributed by atoms with Crippen molar-refractivity contribution in [2.24, 2.45) is 4.36 Å². The molecule has 0 spiro atoms. The van der Waals surface area contributed by atoms with Gasteiger partial charge >= 0.3 is 6.09 Å². The van der Waals surface area contributed by atoms with Crippen LogP contribution in [-0.2, 0) is 35.3 Å². The predicted molar refractivity (Wildman–Crippen MR) is 182 cm³/mol. The molecule has 4 rings (SSSR count). The first kappa shape index (κ1) is 39.0. The molecule has 0 aliphatic carbocycles. The van der Waals surface area contributed by atoms with Gasteiger partial charge in [-0.05, 0) is 70.0 Å². The van der Waals surface area contributed by atoms with Gasteiger partial charge in [0.05, 0.1) is 18.5 Å². The summed E-state index contributed by atoms with van der Waals surface area (Å²) in [6.07, 6.45) is 0.879. The van der Waals surface area contributed by atoms with E-state index in [1.807, 2.05) is 4.72 Å². The highest BCUT2D eigenvalue weighted by Gasteiger charge is 2.24. The maximum absolute atomic E-state index is 15.1. The number of aromatic nitrogens is 2. The van der Waals surface area contributed by atoms with Crippen LogP contribution in [0.3, 0.4) is 0 Å².